The Hall–Kier alpha value is -0.220. The van der Waals surface area contributed by atoms with Crippen molar-refractivity contribution < 1.29 is 21.8 Å². The number of hydrogen-bond acceptors (Lipinski definition) is 4. The van der Waals surface area contributed by atoms with Gasteiger partial charge in [0.2, 0.25) is 13.5 Å². The van der Waals surface area contributed by atoms with Crippen LogP contribution in [0, 0.1) is 5.82 Å². The van der Waals surface area contributed by atoms with Crippen LogP contribution in [0.3, 0.4) is 0 Å². The minimum Gasteiger partial charge on any atom is -0.341 e. The predicted octanol–water partition coefficient (Wildman–Crippen LogP) is 7.21. The Balaban J connectivity index is 1.98. The van der Waals surface area contributed by atoms with Crippen molar-refractivity contribution in [1.29, 1.82) is 0 Å². The van der Waals surface area contributed by atoms with E-state index in [2.05, 4.69) is 0 Å². The number of alkyl halides is 6. The Morgan fingerprint density at radius 2 is 1.73 bits per heavy atom. The molecule has 1 aliphatic heterocycles. The van der Waals surface area contributed by atoms with Crippen molar-refractivity contribution in [2.24, 2.45) is 0 Å². The van der Waals surface area contributed by atoms with E-state index < -0.39 is 28.9 Å². The molecule has 1 aliphatic rings. The first-order valence-corrected chi connectivity index (χ1v) is 15.2. The molecule has 2 aromatic rings. The summed E-state index contributed by atoms with van der Waals surface area (Å²) in [7, 11) is -3.71. The lowest BCUT2D eigenvalue weighted by Gasteiger charge is -2.32. The van der Waals surface area contributed by atoms with Gasteiger partial charge in [-0.15, -0.1) is 0 Å². The van der Waals surface area contributed by atoms with E-state index in [0.717, 1.165) is 6.26 Å². The number of hydrogen-bond donors (Lipinski definition) is 0. The zero-order chi connectivity index (χ0) is 27.8. The molecule has 1 amide bonds. The lowest BCUT2D eigenvalue weighted by molar-refractivity contribution is -0.129. The molecule has 204 valence electrons. The average molecular weight is 675 g/mol. The van der Waals surface area contributed by atoms with Gasteiger partial charge in [0.15, 0.2) is 0 Å². The lowest BCUT2D eigenvalue weighted by atomic mass is 9.76. The van der Waals surface area contributed by atoms with Crippen LogP contribution in [0.4, 0.5) is 4.39 Å². The van der Waals surface area contributed by atoms with Crippen LogP contribution >= 0.6 is 81.2 Å². The van der Waals surface area contributed by atoms with Crippen LogP contribution in [-0.4, -0.2) is 45.2 Å². The zero-order valence-electron chi connectivity index (χ0n) is 19.2. The van der Waals surface area contributed by atoms with Crippen LogP contribution in [0.15, 0.2) is 36.4 Å². The van der Waals surface area contributed by atoms with Gasteiger partial charge in [0, 0.05) is 40.2 Å². The van der Waals surface area contributed by atoms with Crippen molar-refractivity contribution in [2.75, 3.05) is 26.0 Å². The fourth-order valence-corrected chi connectivity index (χ4v) is 5.96. The lowest BCUT2D eigenvalue weighted by Crippen LogP contribution is -2.36. The van der Waals surface area contributed by atoms with Crippen molar-refractivity contribution in [1.82, 2.24) is 4.90 Å². The van der Waals surface area contributed by atoms with Gasteiger partial charge >= 0.3 is 0 Å². The van der Waals surface area contributed by atoms with E-state index in [1.54, 1.807) is 17.0 Å². The molecule has 1 unspecified atom stereocenters. The number of halogens is 8. The van der Waals surface area contributed by atoms with E-state index >= 15 is 0 Å². The van der Waals surface area contributed by atoms with Crippen LogP contribution in [0.5, 0.6) is 0 Å². The van der Waals surface area contributed by atoms with Crippen molar-refractivity contribution in [2.45, 2.75) is 32.3 Å². The maximum absolute atomic E-state index is 14.3. The summed E-state index contributed by atoms with van der Waals surface area (Å²) in [5.74, 6) is -0.931. The summed E-state index contributed by atoms with van der Waals surface area (Å²) in [6, 6.07) is 8.97. The highest BCUT2D eigenvalue weighted by Crippen LogP contribution is 2.50. The Morgan fingerprint density at radius 1 is 1.08 bits per heavy atom. The molecular weight excluding hydrogens is 653 g/mol. The highest BCUT2D eigenvalue weighted by Gasteiger charge is 2.43. The number of nitrogens with zero attached hydrogens (tertiary/aromatic N) is 1. The molecule has 5 nitrogen and oxygen atoms in total. The summed E-state index contributed by atoms with van der Waals surface area (Å²) in [5, 5.41) is 0.148. The van der Waals surface area contributed by atoms with Gasteiger partial charge in [-0.1, -0.05) is 105 Å². The van der Waals surface area contributed by atoms with E-state index in [1.165, 1.54) is 24.3 Å². The molecule has 3 rings (SSSR count). The number of likely N-dealkylation sites (tertiary alicyclic amines) is 1. The zero-order valence-corrected chi connectivity index (χ0v) is 25.3. The molecule has 0 radical (unpaired) electrons. The summed E-state index contributed by atoms with van der Waals surface area (Å²) in [6.45, 7) is 0.311. The first kappa shape index (κ1) is 31.3. The molecule has 1 heterocycles. The van der Waals surface area contributed by atoms with Gasteiger partial charge in [-0.2, -0.15) is 8.42 Å². The molecule has 1 atom stereocenters. The smallest absolute Gasteiger partial charge is 0.264 e. The second-order valence-corrected chi connectivity index (χ2v) is 15.4. The van der Waals surface area contributed by atoms with Crippen molar-refractivity contribution in [3.63, 3.8) is 0 Å². The topological polar surface area (TPSA) is 63.7 Å². The molecule has 0 bridgehead atoms. The third-order valence-electron chi connectivity index (χ3n) is 6.22. The average Bonchev–Trinajstić information content (AvgIpc) is 3.19. The standard InChI is InChI=1S/C23H21Cl7FNO4S/c1-37(34,35)36-10-8-21(14-5-6-16(22(25,26)27)17(11-14)23(28,29)30)7-9-32(13-21)20(33)12-15-18(24)3-2-4-19(15)31/h2-6,11H,7-10,12-13H2,1H3. The Kier molecular flexibility index (Phi) is 9.91. The molecule has 0 saturated carbocycles. The van der Waals surface area contributed by atoms with Crippen LogP contribution < -0.4 is 0 Å². The number of amides is 1. The quantitative estimate of drug-likeness (QED) is 0.230. The third-order valence-corrected chi connectivity index (χ3v) is 8.39. The maximum Gasteiger partial charge on any atom is 0.264 e. The highest BCUT2D eigenvalue weighted by atomic mass is 35.6. The van der Waals surface area contributed by atoms with E-state index in [4.69, 9.17) is 85.4 Å². The van der Waals surface area contributed by atoms with Crippen molar-refractivity contribution in [3.8, 4) is 0 Å². The third kappa shape index (κ3) is 7.92. The molecule has 0 aromatic heterocycles. The molecule has 14 heteroatoms. The van der Waals surface area contributed by atoms with E-state index in [-0.39, 0.29) is 53.6 Å². The second-order valence-electron chi connectivity index (χ2n) is 8.75. The van der Waals surface area contributed by atoms with E-state index in [0.29, 0.717) is 18.5 Å². The fourth-order valence-electron chi connectivity index (χ4n) is 4.38. The predicted molar refractivity (Wildman–Crippen MR) is 148 cm³/mol. The van der Waals surface area contributed by atoms with Gasteiger partial charge in [0.25, 0.3) is 10.1 Å². The van der Waals surface area contributed by atoms with Crippen LogP contribution in [0.25, 0.3) is 0 Å². The fraction of sp³-hybridized carbons (Fsp3) is 0.435. The van der Waals surface area contributed by atoms with Gasteiger partial charge < -0.3 is 4.90 Å². The number of carbonyl (C=O) groups excluding carboxylic acids is 1. The van der Waals surface area contributed by atoms with Gasteiger partial charge in [-0.25, -0.2) is 4.39 Å². The van der Waals surface area contributed by atoms with Gasteiger partial charge in [-0.05, 0) is 30.5 Å². The molecule has 1 fully saturated rings. The first-order chi connectivity index (χ1) is 16.9. The van der Waals surface area contributed by atoms with E-state index in [1.807, 2.05) is 0 Å². The largest absolute Gasteiger partial charge is 0.341 e. The summed E-state index contributed by atoms with van der Waals surface area (Å²) in [6.07, 6.45) is 1.33. The van der Waals surface area contributed by atoms with E-state index in [9.17, 15) is 17.6 Å². The van der Waals surface area contributed by atoms with Crippen molar-refractivity contribution in [3.05, 3.63) is 69.5 Å². The van der Waals surface area contributed by atoms with Gasteiger partial charge in [0.1, 0.15) is 5.82 Å². The Morgan fingerprint density at radius 3 is 2.30 bits per heavy atom. The maximum atomic E-state index is 14.3. The summed E-state index contributed by atoms with van der Waals surface area (Å²) >= 11 is 43.0. The normalized spacial score (nSPS) is 18.9. The SMILES string of the molecule is CS(=O)(=O)OCCC1(c2ccc(C(Cl)(Cl)Cl)c(C(Cl)(Cl)Cl)c2)CCN(C(=O)Cc2c(F)cccc2Cl)C1. The molecule has 2 aromatic carbocycles. The molecule has 1 saturated heterocycles. The minimum absolute atomic E-state index is 0.0950. The summed E-state index contributed by atoms with van der Waals surface area (Å²) in [5.41, 5.74) is 0.210. The Labute approximate surface area is 250 Å². The number of benzene rings is 2. The van der Waals surface area contributed by atoms with Crippen LogP contribution in [-0.2, 0) is 38.5 Å². The van der Waals surface area contributed by atoms with Gasteiger partial charge in [0.05, 0.1) is 19.3 Å². The van der Waals surface area contributed by atoms with Crippen LogP contribution in [0.2, 0.25) is 5.02 Å². The summed E-state index contributed by atoms with van der Waals surface area (Å²) < 4.78 is 38.6. The van der Waals surface area contributed by atoms with Crippen molar-refractivity contribution >= 4 is 97.2 Å². The molecule has 0 aliphatic carbocycles. The molecule has 0 N–H and O–H groups in total. The molecule has 37 heavy (non-hydrogen) atoms. The summed E-state index contributed by atoms with van der Waals surface area (Å²) in [4.78, 5) is 14.7. The first-order valence-electron chi connectivity index (χ1n) is 10.8. The monoisotopic (exact) mass is 671 g/mol. The molecular formula is C23H21Cl7FNO4S. The number of rotatable bonds is 7. The molecule has 0 spiro atoms. The van der Waals surface area contributed by atoms with Gasteiger partial charge in [-0.3, -0.25) is 8.98 Å². The highest BCUT2D eigenvalue weighted by molar-refractivity contribution is 7.85. The Bertz CT molecular complexity index is 1260. The minimum atomic E-state index is -3.71. The number of carbonyl (C=O) groups is 1. The second kappa shape index (κ2) is 11.7. The van der Waals surface area contributed by atoms with Crippen LogP contribution in [0.1, 0.15) is 35.1 Å².